The summed E-state index contributed by atoms with van der Waals surface area (Å²) < 4.78 is 13.8. The molecule has 0 unspecified atom stereocenters. The summed E-state index contributed by atoms with van der Waals surface area (Å²) in [6.45, 7) is 3.96. The molecule has 4 rings (SSSR count). The molecule has 1 fully saturated rings. The summed E-state index contributed by atoms with van der Waals surface area (Å²) in [5, 5.41) is 33.2. The van der Waals surface area contributed by atoms with Crippen LogP contribution in [0.25, 0.3) is 6.08 Å². The second-order valence-electron chi connectivity index (χ2n) is 10.2. The number of carbonyl (C=O) groups is 2. The number of rotatable bonds is 11. The van der Waals surface area contributed by atoms with Crippen LogP contribution < -0.4 is 0 Å². The highest BCUT2D eigenvalue weighted by Crippen LogP contribution is 2.47. The lowest BCUT2D eigenvalue weighted by molar-refractivity contribution is -0.140. The molecule has 2 aromatic rings. The average Bonchev–Trinajstić information content (AvgIpc) is 3.50. The number of aliphatic hydroxyl groups is 2. The van der Waals surface area contributed by atoms with Crippen molar-refractivity contribution in [2.24, 2.45) is 17.8 Å². The number of carbonyl (C=O) groups excluding carboxylic acids is 2. The standard InChI is InChI=1S/C30H36FNO5S/c1-3-6-20-15-22-28(30(37)32(29(22)36)16-21-7-5-12-38-21)23(17-33)27(20)26(35)11-8-18(4-2)13-19-9-10-25(34)24(31)14-19/h5,7,9-10,12-14,22-23,26,28,33-35H,3-4,6,8,11,15-17H2,1-2H3/b18-13+/t22-,23+,26-,28-/m1/s1. The van der Waals surface area contributed by atoms with Crippen LogP contribution in [-0.2, 0) is 16.1 Å². The van der Waals surface area contributed by atoms with Gasteiger partial charge in [0.05, 0.1) is 31.1 Å². The number of hydrogen-bond donors (Lipinski definition) is 3. The molecule has 1 saturated heterocycles. The Hall–Kier alpha value is -2.81. The van der Waals surface area contributed by atoms with Crippen LogP contribution >= 0.6 is 11.3 Å². The normalized spacial score (nSPS) is 22.8. The second kappa shape index (κ2) is 12.4. The van der Waals surface area contributed by atoms with Gasteiger partial charge in [-0.15, -0.1) is 11.3 Å². The number of aromatic hydroxyl groups is 1. The van der Waals surface area contributed by atoms with Gasteiger partial charge in [0.25, 0.3) is 0 Å². The Morgan fingerprint density at radius 1 is 1.24 bits per heavy atom. The molecule has 1 aromatic carbocycles. The molecule has 6 nitrogen and oxygen atoms in total. The minimum Gasteiger partial charge on any atom is -0.505 e. The monoisotopic (exact) mass is 541 g/mol. The van der Waals surface area contributed by atoms with Crippen molar-refractivity contribution in [1.29, 1.82) is 0 Å². The first-order chi connectivity index (χ1) is 18.3. The molecule has 0 radical (unpaired) electrons. The largest absolute Gasteiger partial charge is 0.505 e. The maximum atomic E-state index is 13.8. The summed E-state index contributed by atoms with van der Waals surface area (Å²) in [5.41, 5.74) is 3.32. The summed E-state index contributed by atoms with van der Waals surface area (Å²) >= 11 is 1.50. The van der Waals surface area contributed by atoms with E-state index in [9.17, 15) is 29.3 Å². The van der Waals surface area contributed by atoms with Crippen LogP contribution in [0, 0.1) is 23.6 Å². The Labute approximate surface area is 227 Å². The third-order valence-electron chi connectivity index (χ3n) is 7.81. The van der Waals surface area contributed by atoms with Crippen molar-refractivity contribution in [3.63, 3.8) is 0 Å². The fourth-order valence-corrected chi connectivity index (χ4v) is 6.65. The highest BCUT2D eigenvalue weighted by molar-refractivity contribution is 7.09. The number of halogens is 1. The van der Waals surface area contributed by atoms with Gasteiger partial charge >= 0.3 is 0 Å². The smallest absolute Gasteiger partial charge is 0.234 e. The summed E-state index contributed by atoms with van der Waals surface area (Å²) in [5.74, 6) is -3.31. The van der Waals surface area contributed by atoms with Crippen molar-refractivity contribution in [1.82, 2.24) is 4.90 Å². The van der Waals surface area contributed by atoms with Crippen molar-refractivity contribution < 1.29 is 29.3 Å². The van der Waals surface area contributed by atoms with Gasteiger partial charge in [0.2, 0.25) is 11.8 Å². The van der Waals surface area contributed by atoms with Crippen LogP contribution in [0.5, 0.6) is 5.75 Å². The van der Waals surface area contributed by atoms with Gasteiger partial charge in [-0.3, -0.25) is 14.5 Å². The molecule has 1 aliphatic carbocycles. The average molecular weight is 542 g/mol. The van der Waals surface area contributed by atoms with Gasteiger partial charge in [0.15, 0.2) is 11.6 Å². The fourth-order valence-electron chi connectivity index (χ4n) is 5.95. The lowest BCUT2D eigenvalue weighted by Crippen LogP contribution is -2.39. The highest BCUT2D eigenvalue weighted by atomic mass is 32.1. The van der Waals surface area contributed by atoms with Crippen molar-refractivity contribution in [2.45, 2.75) is 65.0 Å². The van der Waals surface area contributed by atoms with Crippen molar-refractivity contribution in [3.05, 3.63) is 68.7 Å². The Bertz CT molecular complexity index is 1220. The Morgan fingerprint density at radius 3 is 2.66 bits per heavy atom. The molecule has 3 N–H and O–H groups in total. The number of imide groups is 1. The van der Waals surface area contributed by atoms with Crippen LogP contribution in [-0.4, -0.2) is 44.7 Å². The Morgan fingerprint density at radius 2 is 2.03 bits per heavy atom. The van der Waals surface area contributed by atoms with E-state index in [1.807, 2.05) is 37.4 Å². The molecule has 0 spiro atoms. The predicted molar refractivity (Wildman–Crippen MR) is 146 cm³/mol. The number of hydrogen-bond acceptors (Lipinski definition) is 6. The summed E-state index contributed by atoms with van der Waals surface area (Å²) in [6.07, 6.45) is 4.58. The van der Waals surface area contributed by atoms with E-state index >= 15 is 0 Å². The van der Waals surface area contributed by atoms with Crippen LogP contribution in [0.15, 0.2) is 52.4 Å². The number of fused-ring (bicyclic) bond motifs is 1. The van der Waals surface area contributed by atoms with Gasteiger partial charge in [-0.1, -0.05) is 49.6 Å². The number of amides is 2. The van der Waals surface area contributed by atoms with Gasteiger partial charge in [0.1, 0.15) is 0 Å². The first-order valence-electron chi connectivity index (χ1n) is 13.3. The van der Waals surface area contributed by atoms with Crippen LogP contribution in [0.3, 0.4) is 0 Å². The third kappa shape index (κ3) is 5.77. The van der Waals surface area contributed by atoms with Crippen molar-refractivity contribution >= 4 is 29.2 Å². The minimum atomic E-state index is -0.865. The highest BCUT2D eigenvalue weighted by Gasteiger charge is 2.54. The number of nitrogens with zero attached hydrogens (tertiary/aromatic N) is 1. The van der Waals surface area contributed by atoms with Crippen molar-refractivity contribution in [3.8, 4) is 5.75 Å². The van der Waals surface area contributed by atoms with Crippen LogP contribution in [0.2, 0.25) is 0 Å². The number of likely N-dealkylation sites (tertiary alicyclic amines) is 1. The maximum absolute atomic E-state index is 13.8. The van der Waals surface area contributed by atoms with Gasteiger partial charge in [-0.05, 0) is 66.8 Å². The molecular weight excluding hydrogens is 505 g/mol. The molecular formula is C30H36FNO5S. The fraction of sp³-hybridized carbons (Fsp3) is 0.467. The predicted octanol–water partition coefficient (Wildman–Crippen LogP) is 5.44. The summed E-state index contributed by atoms with van der Waals surface area (Å²) in [7, 11) is 0. The lowest BCUT2D eigenvalue weighted by atomic mass is 9.67. The van der Waals surface area contributed by atoms with Gasteiger partial charge < -0.3 is 15.3 Å². The number of allylic oxidation sites excluding steroid dienone is 2. The van der Waals surface area contributed by atoms with Gasteiger partial charge in [-0.2, -0.15) is 0 Å². The number of benzene rings is 1. The molecule has 1 aromatic heterocycles. The third-order valence-corrected chi connectivity index (χ3v) is 8.67. The van der Waals surface area contributed by atoms with E-state index < -0.39 is 35.4 Å². The van der Waals surface area contributed by atoms with Crippen LogP contribution in [0.4, 0.5) is 4.39 Å². The Kier molecular flexibility index (Phi) is 9.18. The number of aliphatic hydroxyl groups excluding tert-OH is 2. The first kappa shape index (κ1) is 28.2. The zero-order valence-electron chi connectivity index (χ0n) is 21.9. The number of thiophene rings is 1. The molecule has 204 valence electrons. The maximum Gasteiger partial charge on any atom is 0.234 e. The van der Waals surface area contributed by atoms with E-state index in [4.69, 9.17) is 0 Å². The van der Waals surface area contributed by atoms with E-state index in [0.717, 1.165) is 22.4 Å². The summed E-state index contributed by atoms with van der Waals surface area (Å²) in [4.78, 5) is 29.1. The zero-order valence-corrected chi connectivity index (χ0v) is 22.7. The molecule has 2 heterocycles. The summed E-state index contributed by atoms with van der Waals surface area (Å²) in [6, 6.07) is 8.02. The molecule has 0 saturated carbocycles. The first-order valence-corrected chi connectivity index (χ1v) is 14.2. The molecule has 4 atom stereocenters. The van der Waals surface area contributed by atoms with E-state index in [1.54, 1.807) is 6.07 Å². The van der Waals surface area contributed by atoms with Crippen molar-refractivity contribution in [2.75, 3.05) is 6.61 Å². The van der Waals surface area contributed by atoms with Gasteiger partial charge in [-0.25, -0.2) is 4.39 Å². The molecule has 8 heteroatoms. The quantitative estimate of drug-likeness (QED) is 0.260. The topological polar surface area (TPSA) is 98.1 Å². The second-order valence-corrected chi connectivity index (χ2v) is 11.2. The van der Waals surface area contributed by atoms with E-state index in [1.165, 1.54) is 28.4 Å². The molecule has 38 heavy (non-hydrogen) atoms. The van der Waals surface area contributed by atoms with E-state index in [-0.39, 0.29) is 25.0 Å². The zero-order chi connectivity index (χ0) is 27.4. The SMILES string of the molecule is CCCC1=C([C@H](O)CC/C(=C/c2ccc(O)c(F)c2)CC)[C@H](CO)[C@@H]2C(=O)N(Cc3cccs3)C(=O)[C@@H]2C1. The van der Waals surface area contributed by atoms with Gasteiger partial charge in [0, 0.05) is 10.8 Å². The molecule has 1 aliphatic heterocycles. The number of phenols is 1. The van der Waals surface area contributed by atoms with Crippen LogP contribution in [0.1, 0.15) is 62.8 Å². The lowest BCUT2D eigenvalue weighted by Gasteiger charge is -2.36. The Balaban J connectivity index is 1.56. The van der Waals surface area contributed by atoms with E-state index in [2.05, 4.69) is 0 Å². The molecule has 2 amide bonds. The molecule has 0 bridgehead atoms. The molecule has 2 aliphatic rings. The minimum absolute atomic E-state index is 0.189. The number of phenolic OH excluding ortho intramolecular Hbond substituents is 1. The van der Waals surface area contributed by atoms with E-state index in [0.29, 0.717) is 43.2 Å².